The van der Waals surface area contributed by atoms with Crippen LogP contribution >= 0.6 is 50.5 Å². The number of hydrogen-bond acceptors (Lipinski definition) is 4. The smallest absolute Gasteiger partial charge is 0.261 e. The number of anilines is 1. The molecule has 0 saturated carbocycles. The SMILES string of the molecule is COc1ccc(Cl)c2sc(N(Cc3ccccc3)C(=O)c3cc(Br)ccc3Cl)nc12. The number of benzene rings is 3. The standard InChI is InChI=1S/C22H15BrCl2N2O2S/c1-29-18-10-9-17(25)20-19(18)26-22(30-20)27(12-13-5-3-2-4-6-13)21(28)15-11-14(23)7-8-16(15)24/h2-11H,12H2,1H3. The average molecular weight is 522 g/mol. The quantitative estimate of drug-likeness (QED) is 0.278. The van der Waals surface area contributed by atoms with Crippen molar-refractivity contribution in [2.75, 3.05) is 12.0 Å². The molecule has 4 aromatic rings. The van der Waals surface area contributed by atoms with Crippen LogP contribution in [0, 0.1) is 0 Å². The average Bonchev–Trinajstić information content (AvgIpc) is 3.20. The molecule has 3 aromatic carbocycles. The highest BCUT2D eigenvalue weighted by Gasteiger charge is 2.25. The Balaban J connectivity index is 1.85. The van der Waals surface area contributed by atoms with Crippen LogP contribution in [0.3, 0.4) is 0 Å². The molecule has 0 saturated heterocycles. The molecule has 1 amide bonds. The fourth-order valence-electron chi connectivity index (χ4n) is 3.02. The summed E-state index contributed by atoms with van der Waals surface area (Å²) in [5, 5.41) is 1.45. The largest absolute Gasteiger partial charge is 0.494 e. The van der Waals surface area contributed by atoms with Crippen LogP contribution in [0.15, 0.2) is 65.1 Å². The van der Waals surface area contributed by atoms with Crippen LogP contribution in [-0.4, -0.2) is 18.0 Å². The Morgan fingerprint density at radius 3 is 2.57 bits per heavy atom. The van der Waals surface area contributed by atoms with Crippen molar-refractivity contribution in [3.05, 3.63) is 86.3 Å². The van der Waals surface area contributed by atoms with E-state index in [2.05, 4.69) is 15.9 Å². The third-order valence-electron chi connectivity index (χ3n) is 4.49. The number of hydrogen-bond donors (Lipinski definition) is 0. The van der Waals surface area contributed by atoms with Gasteiger partial charge in [0.2, 0.25) is 0 Å². The van der Waals surface area contributed by atoms with Crippen LogP contribution in [0.5, 0.6) is 5.75 Å². The Morgan fingerprint density at radius 1 is 1.10 bits per heavy atom. The molecule has 0 atom stereocenters. The molecule has 1 heterocycles. The van der Waals surface area contributed by atoms with Gasteiger partial charge in [-0.05, 0) is 35.9 Å². The molecule has 0 aliphatic heterocycles. The summed E-state index contributed by atoms with van der Waals surface area (Å²) in [7, 11) is 1.58. The second-order valence-corrected chi connectivity index (χ2v) is 9.13. The van der Waals surface area contributed by atoms with Gasteiger partial charge in [-0.1, -0.05) is 80.8 Å². The number of methoxy groups -OCH3 is 1. The summed E-state index contributed by atoms with van der Waals surface area (Å²) in [6.07, 6.45) is 0. The van der Waals surface area contributed by atoms with Crippen molar-refractivity contribution < 1.29 is 9.53 Å². The molecule has 0 fully saturated rings. The molecular formula is C22H15BrCl2N2O2S. The number of fused-ring (bicyclic) bond motifs is 1. The summed E-state index contributed by atoms with van der Waals surface area (Å²) in [5.41, 5.74) is 1.98. The molecule has 4 rings (SSSR count). The maximum Gasteiger partial charge on any atom is 0.261 e. The van der Waals surface area contributed by atoms with E-state index >= 15 is 0 Å². The Bertz CT molecular complexity index is 1230. The highest BCUT2D eigenvalue weighted by atomic mass is 79.9. The van der Waals surface area contributed by atoms with Gasteiger partial charge in [-0.15, -0.1) is 0 Å². The van der Waals surface area contributed by atoms with E-state index in [1.54, 1.807) is 42.3 Å². The van der Waals surface area contributed by atoms with Gasteiger partial charge in [-0.25, -0.2) is 4.98 Å². The molecular weight excluding hydrogens is 507 g/mol. The van der Waals surface area contributed by atoms with Crippen LogP contribution in [0.4, 0.5) is 5.13 Å². The molecule has 4 nitrogen and oxygen atoms in total. The first-order chi connectivity index (χ1) is 14.5. The van der Waals surface area contributed by atoms with Crippen LogP contribution in [0.1, 0.15) is 15.9 Å². The second-order valence-electron chi connectivity index (χ2n) is 6.42. The van der Waals surface area contributed by atoms with Crippen molar-refractivity contribution in [3.8, 4) is 5.75 Å². The zero-order valence-electron chi connectivity index (χ0n) is 15.7. The first-order valence-corrected chi connectivity index (χ1v) is 11.3. The topological polar surface area (TPSA) is 42.4 Å². The van der Waals surface area contributed by atoms with Gasteiger partial charge in [0.15, 0.2) is 5.13 Å². The van der Waals surface area contributed by atoms with Gasteiger partial charge in [-0.3, -0.25) is 9.69 Å². The van der Waals surface area contributed by atoms with E-state index in [0.717, 1.165) is 14.7 Å². The van der Waals surface area contributed by atoms with E-state index in [1.165, 1.54) is 11.3 Å². The summed E-state index contributed by atoms with van der Waals surface area (Å²) in [5.74, 6) is 0.351. The third-order valence-corrected chi connectivity index (χ3v) is 6.85. The van der Waals surface area contributed by atoms with Gasteiger partial charge < -0.3 is 4.74 Å². The van der Waals surface area contributed by atoms with Crippen molar-refractivity contribution in [1.82, 2.24) is 4.98 Å². The fourth-order valence-corrected chi connectivity index (χ4v) is 4.83. The Morgan fingerprint density at radius 2 is 1.83 bits per heavy atom. The minimum Gasteiger partial charge on any atom is -0.494 e. The molecule has 0 aliphatic rings. The van der Waals surface area contributed by atoms with Gasteiger partial charge in [0.1, 0.15) is 11.3 Å². The monoisotopic (exact) mass is 520 g/mol. The van der Waals surface area contributed by atoms with Crippen LogP contribution in [0.25, 0.3) is 10.2 Å². The first kappa shape index (κ1) is 21.1. The fraction of sp³-hybridized carbons (Fsp3) is 0.0909. The molecule has 30 heavy (non-hydrogen) atoms. The van der Waals surface area contributed by atoms with Crippen LogP contribution in [-0.2, 0) is 6.54 Å². The van der Waals surface area contributed by atoms with Crippen LogP contribution in [0.2, 0.25) is 10.0 Å². The van der Waals surface area contributed by atoms with Crippen molar-refractivity contribution in [2.45, 2.75) is 6.54 Å². The minimum atomic E-state index is -0.251. The molecule has 1 aromatic heterocycles. The number of thiazole rings is 1. The van der Waals surface area contributed by atoms with Crippen LogP contribution < -0.4 is 9.64 Å². The Kier molecular flexibility index (Phi) is 6.29. The highest BCUT2D eigenvalue weighted by Crippen LogP contribution is 2.39. The number of rotatable bonds is 5. The van der Waals surface area contributed by atoms with Gasteiger partial charge in [0.05, 0.1) is 34.0 Å². The van der Waals surface area contributed by atoms with E-state index in [1.807, 2.05) is 30.3 Å². The third kappa shape index (κ3) is 4.18. The predicted octanol–water partition coefficient (Wildman–Crippen LogP) is 7.22. The van der Waals surface area contributed by atoms with Crippen molar-refractivity contribution in [3.63, 3.8) is 0 Å². The van der Waals surface area contributed by atoms with E-state index in [4.69, 9.17) is 32.9 Å². The number of carbonyl (C=O) groups excluding carboxylic acids is 1. The maximum atomic E-state index is 13.6. The van der Waals surface area contributed by atoms with Crippen molar-refractivity contribution in [2.24, 2.45) is 0 Å². The van der Waals surface area contributed by atoms with Crippen molar-refractivity contribution in [1.29, 1.82) is 0 Å². The molecule has 0 unspecified atom stereocenters. The summed E-state index contributed by atoms with van der Waals surface area (Å²) in [4.78, 5) is 19.9. The summed E-state index contributed by atoms with van der Waals surface area (Å²) >= 11 is 17.5. The minimum absolute atomic E-state index is 0.251. The van der Waals surface area contributed by atoms with Gasteiger partial charge in [-0.2, -0.15) is 0 Å². The second kappa shape index (κ2) is 8.94. The normalized spacial score (nSPS) is 10.9. The zero-order valence-corrected chi connectivity index (χ0v) is 19.6. The molecule has 0 radical (unpaired) electrons. The number of aromatic nitrogens is 1. The summed E-state index contributed by atoms with van der Waals surface area (Å²) in [6.45, 7) is 0.336. The van der Waals surface area contributed by atoms with Gasteiger partial charge >= 0.3 is 0 Å². The highest BCUT2D eigenvalue weighted by molar-refractivity contribution is 9.10. The summed E-state index contributed by atoms with van der Waals surface area (Å²) < 4.78 is 6.96. The van der Waals surface area contributed by atoms with E-state index < -0.39 is 0 Å². The van der Waals surface area contributed by atoms with E-state index in [9.17, 15) is 4.79 Å². The maximum absolute atomic E-state index is 13.6. The number of ether oxygens (including phenoxy) is 1. The lowest BCUT2D eigenvalue weighted by Gasteiger charge is -2.21. The van der Waals surface area contributed by atoms with E-state index in [-0.39, 0.29) is 5.91 Å². The molecule has 8 heteroatoms. The zero-order chi connectivity index (χ0) is 21.3. The number of carbonyl (C=O) groups is 1. The lowest BCUT2D eigenvalue weighted by molar-refractivity contribution is 0.0985. The molecule has 0 aliphatic carbocycles. The lowest BCUT2D eigenvalue weighted by atomic mass is 10.1. The van der Waals surface area contributed by atoms with Gasteiger partial charge in [0.25, 0.3) is 5.91 Å². The molecule has 0 bridgehead atoms. The van der Waals surface area contributed by atoms with Gasteiger partial charge in [0, 0.05) is 4.47 Å². The first-order valence-electron chi connectivity index (χ1n) is 8.92. The number of nitrogens with zero attached hydrogens (tertiary/aromatic N) is 2. The Hall–Kier alpha value is -2.12. The lowest BCUT2D eigenvalue weighted by Crippen LogP contribution is -2.30. The predicted molar refractivity (Wildman–Crippen MR) is 127 cm³/mol. The summed E-state index contributed by atoms with van der Waals surface area (Å²) in [6, 6.07) is 18.5. The molecule has 0 N–H and O–H groups in total. The van der Waals surface area contributed by atoms with E-state index in [0.29, 0.717) is 38.6 Å². The molecule has 152 valence electrons. The number of amides is 1. The van der Waals surface area contributed by atoms with Crippen molar-refractivity contribution >= 4 is 71.7 Å². The Labute approximate surface area is 196 Å². The molecule has 0 spiro atoms. The number of halogens is 3.